The minimum atomic E-state index is -3.52. The first-order valence-electron chi connectivity index (χ1n) is 4.54. The van der Waals surface area contributed by atoms with Crippen LogP contribution >= 0.6 is 15.9 Å². The molecule has 1 rings (SSSR count). The Balaban J connectivity index is 3.07. The highest BCUT2D eigenvalue weighted by Crippen LogP contribution is 2.23. The lowest BCUT2D eigenvalue weighted by Crippen LogP contribution is -2.29. The fourth-order valence-electron chi connectivity index (χ4n) is 1.09. The SMILES string of the molecule is COc1cc(Br)cc(S(=O)(=O)NCCN)c1. The van der Waals surface area contributed by atoms with Crippen molar-refractivity contribution in [3.8, 4) is 5.75 Å². The molecule has 0 aromatic heterocycles. The first-order valence-corrected chi connectivity index (χ1v) is 6.81. The molecule has 0 aliphatic heterocycles. The summed E-state index contributed by atoms with van der Waals surface area (Å²) in [6, 6.07) is 4.63. The number of sulfonamides is 1. The molecule has 7 heteroatoms. The fraction of sp³-hybridized carbons (Fsp3) is 0.333. The van der Waals surface area contributed by atoms with Crippen LogP contribution in [-0.2, 0) is 10.0 Å². The first kappa shape index (κ1) is 13.4. The molecule has 90 valence electrons. The zero-order valence-corrected chi connectivity index (χ0v) is 11.1. The molecular weight excluding hydrogens is 296 g/mol. The lowest BCUT2D eigenvalue weighted by atomic mass is 10.3. The van der Waals surface area contributed by atoms with Crippen LogP contribution < -0.4 is 15.2 Å². The Morgan fingerprint density at radius 2 is 2.12 bits per heavy atom. The summed E-state index contributed by atoms with van der Waals surface area (Å²) in [5.41, 5.74) is 5.24. The van der Waals surface area contributed by atoms with Crippen LogP contribution in [0.5, 0.6) is 5.75 Å². The number of hydrogen-bond acceptors (Lipinski definition) is 4. The number of halogens is 1. The van der Waals surface area contributed by atoms with Crippen LogP contribution in [-0.4, -0.2) is 28.6 Å². The van der Waals surface area contributed by atoms with Crippen molar-refractivity contribution in [3.63, 3.8) is 0 Å². The van der Waals surface area contributed by atoms with E-state index >= 15 is 0 Å². The van der Waals surface area contributed by atoms with Gasteiger partial charge in [-0.25, -0.2) is 13.1 Å². The molecule has 0 amide bonds. The molecule has 0 aliphatic rings. The number of ether oxygens (including phenoxy) is 1. The molecule has 0 unspecified atom stereocenters. The van der Waals surface area contributed by atoms with Gasteiger partial charge in [-0.05, 0) is 12.1 Å². The third kappa shape index (κ3) is 3.44. The van der Waals surface area contributed by atoms with Crippen molar-refractivity contribution >= 4 is 26.0 Å². The molecular formula is C9H13BrN2O3S. The molecule has 0 saturated heterocycles. The Kier molecular flexibility index (Phi) is 4.72. The van der Waals surface area contributed by atoms with Crippen LogP contribution in [0.4, 0.5) is 0 Å². The molecule has 0 aliphatic carbocycles. The van der Waals surface area contributed by atoms with E-state index in [9.17, 15) is 8.42 Å². The smallest absolute Gasteiger partial charge is 0.240 e. The molecule has 0 saturated carbocycles. The van der Waals surface area contributed by atoms with Gasteiger partial charge < -0.3 is 10.5 Å². The van der Waals surface area contributed by atoms with Crippen LogP contribution in [0.25, 0.3) is 0 Å². The maximum Gasteiger partial charge on any atom is 0.240 e. The van der Waals surface area contributed by atoms with Gasteiger partial charge >= 0.3 is 0 Å². The summed E-state index contributed by atoms with van der Waals surface area (Å²) < 4.78 is 31.5. The molecule has 3 N–H and O–H groups in total. The standard InChI is InChI=1S/C9H13BrN2O3S/c1-15-8-4-7(10)5-9(6-8)16(13,14)12-3-2-11/h4-6,12H,2-3,11H2,1H3. The minimum absolute atomic E-state index is 0.146. The Morgan fingerprint density at radius 3 is 2.69 bits per heavy atom. The van der Waals surface area contributed by atoms with Gasteiger partial charge in [0.25, 0.3) is 0 Å². The molecule has 0 fully saturated rings. The van der Waals surface area contributed by atoms with Gasteiger partial charge in [0, 0.05) is 23.6 Å². The largest absolute Gasteiger partial charge is 0.497 e. The molecule has 5 nitrogen and oxygen atoms in total. The Bertz CT molecular complexity index is 462. The van der Waals surface area contributed by atoms with E-state index < -0.39 is 10.0 Å². The van der Waals surface area contributed by atoms with Crippen LogP contribution in [0.3, 0.4) is 0 Å². The van der Waals surface area contributed by atoms with Crippen molar-refractivity contribution in [1.29, 1.82) is 0 Å². The number of benzene rings is 1. The summed E-state index contributed by atoms with van der Waals surface area (Å²) in [7, 11) is -2.04. The maximum absolute atomic E-state index is 11.8. The summed E-state index contributed by atoms with van der Waals surface area (Å²) in [5, 5.41) is 0. The molecule has 1 aromatic carbocycles. The van der Waals surface area contributed by atoms with Crippen LogP contribution in [0, 0.1) is 0 Å². The van der Waals surface area contributed by atoms with Gasteiger partial charge in [0.1, 0.15) is 5.75 Å². The topological polar surface area (TPSA) is 81.4 Å². The molecule has 16 heavy (non-hydrogen) atoms. The van der Waals surface area contributed by atoms with Gasteiger partial charge in [-0.15, -0.1) is 0 Å². The first-order chi connectivity index (χ1) is 7.49. The van der Waals surface area contributed by atoms with E-state index in [1.54, 1.807) is 6.07 Å². The number of nitrogens with one attached hydrogen (secondary N) is 1. The highest BCUT2D eigenvalue weighted by molar-refractivity contribution is 9.10. The average molecular weight is 309 g/mol. The van der Waals surface area contributed by atoms with Gasteiger partial charge in [0.2, 0.25) is 10.0 Å². The van der Waals surface area contributed by atoms with Gasteiger partial charge in [-0.3, -0.25) is 0 Å². The summed E-state index contributed by atoms with van der Waals surface area (Å²) in [5.74, 6) is 0.475. The Hall–Kier alpha value is -0.630. The molecule has 0 radical (unpaired) electrons. The van der Waals surface area contributed by atoms with E-state index in [1.807, 2.05) is 0 Å². The van der Waals surface area contributed by atoms with E-state index in [2.05, 4.69) is 20.7 Å². The monoisotopic (exact) mass is 308 g/mol. The van der Waals surface area contributed by atoms with Crippen LogP contribution in [0.2, 0.25) is 0 Å². The lowest BCUT2D eigenvalue weighted by Gasteiger charge is -2.08. The predicted molar refractivity (Wildman–Crippen MR) is 64.9 cm³/mol. The fourth-order valence-corrected chi connectivity index (χ4v) is 2.82. The third-order valence-electron chi connectivity index (χ3n) is 1.83. The number of nitrogens with two attached hydrogens (primary N) is 1. The molecule has 1 aromatic rings. The minimum Gasteiger partial charge on any atom is -0.497 e. The average Bonchev–Trinajstić information content (AvgIpc) is 2.25. The van der Waals surface area contributed by atoms with Crippen LogP contribution in [0.15, 0.2) is 27.6 Å². The van der Waals surface area contributed by atoms with Crippen LogP contribution in [0.1, 0.15) is 0 Å². The molecule has 0 spiro atoms. The van der Waals surface area contributed by atoms with Crippen molar-refractivity contribution in [2.45, 2.75) is 4.90 Å². The van der Waals surface area contributed by atoms with Crippen molar-refractivity contribution in [1.82, 2.24) is 4.72 Å². The number of rotatable bonds is 5. The van der Waals surface area contributed by atoms with Gasteiger partial charge in [-0.1, -0.05) is 15.9 Å². The van der Waals surface area contributed by atoms with Crippen molar-refractivity contribution < 1.29 is 13.2 Å². The summed E-state index contributed by atoms with van der Waals surface area (Å²) >= 11 is 3.22. The van der Waals surface area contributed by atoms with E-state index in [1.165, 1.54) is 19.2 Å². The van der Waals surface area contributed by atoms with E-state index in [0.717, 1.165) is 0 Å². The van der Waals surface area contributed by atoms with Crippen molar-refractivity contribution in [3.05, 3.63) is 22.7 Å². The quantitative estimate of drug-likeness (QED) is 0.839. The second-order valence-corrected chi connectivity index (χ2v) is 5.70. The van der Waals surface area contributed by atoms with E-state index in [-0.39, 0.29) is 18.0 Å². The summed E-state index contributed by atoms with van der Waals surface area (Å²) in [4.78, 5) is 0.146. The maximum atomic E-state index is 11.8. The number of hydrogen-bond donors (Lipinski definition) is 2. The second kappa shape index (κ2) is 5.62. The molecule has 0 heterocycles. The second-order valence-electron chi connectivity index (χ2n) is 3.01. The highest BCUT2D eigenvalue weighted by Gasteiger charge is 2.14. The zero-order chi connectivity index (χ0) is 12.2. The zero-order valence-electron chi connectivity index (χ0n) is 8.73. The molecule has 0 atom stereocenters. The van der Waals surface area contributed by atoms with E-state index in [4.69, 9.17) is 10.5 Å². The third-order valence-corrected chi connectivity index (χ3v) is 3.73. The van der Waals surface area contributed by atoms with Crippen molar-refractivity contribution in [2.75, 3.05) is 20.2 Å². The van der Waals surface area contributed by atoms with Gasteiger partial charge in [-0.2, -0.15) is 0 Å². The highest BCUT2D eigenvalue weighted by atomic mass is 79.9. The predicted octanol–water partition coefficient (Wildman–Crippen LogP) is 0.695. The summed E-state index contributed by atoms with van der Waals surface area (Å²) in [6.07, 6.45) is 0. The Labute approximate surface area is 103 Å². The van der Waals surface area contributed by atoms with Crippen molar-refractivity contribution in [2.24, 2.45) is 5.73 Å². The Morgan fingerprint density at radius 1 is 1.44 bits per heavy atom. The lowest BCUT2D eigenvalue weighted by molar-refractivity contribution is 0.413. The van der Waals surface area contributed by atoms with Gasteiger partial charge in [0.05, 0.1) is 12.0 Å². The number of methoxy groups -OCH3 is 1. The van der Waals surface area contributed by atoms with E-state index in [0.29, 0.717) is 10.2 Å². The normalized spacial score (nSPS) is 11.4. The molecule has 0 bridgehead atoms. The van der Waals surface area contributed by atoms with Gasteiger partial charge in [0.15, 0.2) is 0 Å². The summed E-state index contributed by atoms with van der Waals surface area (Å²) in [6.45, 7) is 0.460.